The Balaban J connectivity index is 0.000000209. The summed E-state index contributed by atoms with van der Waals surface area (Å²) in [6.07, 6.45) is 4.11. The van der Waals surface area contributed by atoms with Crippen molar-refractivity contribution < 1.29 is 28.6 Å². The van der Waals surface area contributed by atoms with Crippen molar-refractivity contribution in [3.05, 3.63) is 46.2 Å². The fourth-order valence-electron chi connectivity index (χ4n) is 2.01. The van der Waals surface area contributed by atoms with Gasteiger partial charge in [0, 0.05) is 6.20 Å². The van der Waals surface area contributed by atoms with E-state index in [1.165, 1.54) is 24.7 Å². The minimum absolute atomic E-state index is 0.0657. The third kappa shape index (κ3) is 4.87. The maximum absolute atomic E-state index is 11.4. The fraction of sp³-hybridized carbons (Fsp3) is 0.235. The second kappa shape index (κ2) is 9.86. The van der Waals surface area contributed by atoms with Crippen molar-refractivity contribution in [3.8, 4) is 5.75 Å². The number of rotatable bonds is 4. The second-order valence-corrected chi connectivity index (χ2v) is 5.72. The normalized spacial score (nSPS) is 10.1. The lowest BCUT2D eigenvalue weighted by Crippen LogP contribution is -2.06. The van der Waals surface area contributed by atoms with Crippen LogP contribution in [0.25, 0.3) is 11.0 Å². The maximum Gasteiger partial charge on any atom is 0.378 e. The van der Waals surface area contributed by atoms with Crippen molar-refractivity contribution in [2.75, 3.05) is 13.2 Å². The van der Waals surface area contributed by atoms with Crippen LogP contribution < -0.4 is 0 Å². The molecular weight excluding hydrogens is 413 g/mol. The molecule has 0 unspecified atom stereocenters. The molecule has 0 amide bonds. The number of fused-ring (bicyclic) bond motifs is 1. The molecule has 0 saturated heterocycles. The standard InChI is InChI=1S/C10H8ClNO4.C7H7ClN2O2/c1-2-15-10(14)9-8(13)7-5(11)3-12-4-6(7)16-9;1-2-12-7(11)5-3-4-9-10-6(5)8/h3-4,13H,2H2,1H3;3-4H,2H2,1H3. The van der Waals surface area contributed by atoms with E-state index in [9.17, 15) is 14.7 Å². The summed E-state index contributed by atoms with van der Waals surface area (Å²) >= 11 is 11.4. The number of hydrogen-bond donors (Lipinski definition) is 1. The van der Waals surface area contributed by atoms with Gasteiger partial charge in [-0.3, -0.25) is 4.98 Å². The van der Waals surface area contributed by atoms with E-state index in [1.807, 2.05) is 0 Å². The van der Waals surface area contributed by atoms with E-state index in [1.54, 1.807) is 13.8 Å². The van der Waals surface area contributed by atoms with Crippen LogP contribution in [0.15, 0.2) is 29.1 Å². The minimum atomic E-state index is -0.729. The third-order valence-corrected chi connectivity index (χ3v) is 3.73. The number of esters is 2. The van der Waals surface area contributed by atoms with Crippen LogP contribution in [0, 0.1) is 0 Å². The molecule has 0 radical (unpaired) electrons. The largest absolute Gasteiger partial charge is 0.504 e. The van der Waals surface area contributed by atoms with Crippen LogP contribution in [0.1, 0.15) is 34.8 Å². The predicted molar refractivity (Wildman–Crippen MR) is 99.6 cm³/mol. The molecule has 0 fully saturated rings. The third-order valence-electron chi connectivity index (χ3n) is 3.16. The number of halogens is 2. The molecule has 0 bridgehead atoms. The number of pyridine rings is 1. The van der Waals surface area contributed by atoms with Crippen LogP contribution in [0.2, 0.25) is 10.2 Å². The molecule has 3 rings (SSSR count). The molecule has 28 heavy (non-hydrogen) atoms. The van der Waals surface area contributed by atoms with Crippen molar-refractivity contribution in [1.29, 1.82) is 0 Å². The van der Waals surface area contributed by atoms with Crippen molar-refractivity contribution in [2.45, 2.75) is 13.8 Å². The van der Waals surface area contributed by atoms with Gasteiger partial charge in [0.1, 0.15) is 5.56 Å². The Morgan fingerprint density at radius 1 is 1.14 bits per heavy atom. The molecule has 3 aromatic heterocycles. The zero-order chi connectivity index (χ0) is 20.7. The fourth-order valence-corrected chi connectivity index (χ4v) is 2.43. The predicted octanol–water partition coefficient (Wildman–Crippen LogP) is 3.67. The van der Waals surface area contributed by atoms with Crippen LogP contribution in [-0.4, -0.2) is 45.4 Å². The first-order valence-corrected chi connectivity index (χ1v) is 8.72. The highest BCUT2D eigenvalue weighted by molar-refractivity contribution is 6.36. The lowest BCUT2D eigenvalue weighted by molar-refractivity contribution is 0.0486. The molecule has 0 aliphatic rings. The van der Waals surface area contributed by atoms with E-state index >= 15 is 0 Å². The first-order chi connectivity index (χ1) is 13.4. The number of nitrogens with zero attached hydrogens (tertiary/aromatic N) is 3. The number of furan rings is 1. The summed E-state index contributed by atoms with van der Waals surface area (Å²) in [5, 5.41) is 17.3. The number of aromatic hydroxyl groups is 1. The van der Waals surface area contributed by atoms with Gasteiger partial charge < -0.3 is 19.0 Å². The summed E-state index contributed by atoms with van der Waals surface area (Å²) in [6, 6.07) is 1.47. The van der Waals surface area contributed by atoms with Gasteiger partial charge in [0.05, 0.1) is 36.0 Å². The summed E-state index contributed by atoms with van der Waals surface area (Å²) in [5.41, 5.74) is 0.488. The average molecular weight is 428 g/mol. The first kappa shape index (κ1) is 21.4. The Hall–Kier alpha value is -2.91. The SMILES string of the molecule is CCOC(=O)c1ccnnc1Cl.CCOC(=O)c1oc2cncc(Cl)c2c1O. The van der Waals surface area contributed by atoms with Gasteiger partial charge in [-0.05, 0) is 19.9 Å². The van der Waals surface area contributed by atoms with Crippen LogP contribution in [0.5, 0.6) is 5.75 Å². The van der Waals surface area contributed by atoms with Crippen LogP contribution in [0.4, 0.5) is 0 Å². The Morgan fingerprint density at radius 3 is 2.43 bits per heavy atom. The zero-order valence-electron chi connectivity index (χ0n) is 14.8. The summed E-state index contributed by atoms with van der Waals surface area (Å²) in [6.45, 7) is 3.89. The highest BCUT2D eigenvalue weighted by Gasteiger charge is 2.23. The molecule has 0 aromatic carbocycles. The molecular formula is C17H15Cl2N3O6. The van der Waals surface area contributed by atoms with E-state index in [0.717, 1.165) is 0 Å². The van der Waals surface area contributed by atoms with Gasteiger partial charge in [0.15, 0.2) is 16.5 Å². The summed E-state index contributed by atoms with van der Waals surface area (Å²) < 4.78 is 14.6. The Bertz CT molecular complexity index is 992. The summed E-state index contributed by atoms with van der Waals surface area (Å²) in [5.74, 6) is -1.78. The molecule has 1 N–H and O–H groups in total. The van der Waals surface area contributed by atoms with Gasteiger partial charge in [-0.2, -0.15) is 5.10 Å². The molecule has 11 heteroatoms. The van der Waals surface area contributed by atoms with Gasteiger partial charge in [-0.15, -0.1) is 5.10 Å². The molecule has 0 aliphatic carbocycles. The molecule has 0 aliphatic heterocycles. The van der Waals surface area contributed by atoms with E-state index < -0.39 is 11.9 Å². The van der Waals surface area contributed by atoms with Gasteiger partial charge in [0.25, 0.3) is 5.76 Å². The summed E-state index contributed by atoms with van der Waals surface area (Å²) in [4.78, 5) is 26.3. The molecule has 3 heterocycles. The van der Waals surface area contributed by atoms with Crippen LogP contribution in [0.3, 0.4) is 0 Å². The number of aromatic nitrogens is 3. The lowest BCUT2D eigenvalue weighted by atomic mass is 10.3. The lowest BCUT2D eigenvalue weighted by Gasteiger charge is -2.00. The molecule has 148 valence electrons. The number of carbonyl (C=O) groups excluding carboxylic acids is 2. The van der Waals surface area contributed by atoms with Crippen molar-refractivity contribution in [3.63, 3.8) is 0 Å². The molecule has 3 aromatic rings. The van der Waals surface area contributed by atoms with Crippen LogP contribution >= 0.6 is 23.2 Å². The van der Waals surface area contributed by atoms with Crippen molar-refractivity contribution in [1.82, 2.24) is 15.2 Å². The molecule has 0 spiro atoms. The molecule has 0 atom stereocenters. The highest BCUT2D eigenvalue weighted by Crippen LogP contribution is 2.36. The van der Waals surface area contributed by atoms with Crippen LogP contribution in [-0.2, 0) is 9.47 Å². The number of ether oxygens (including phenoxy) is 2. The minimum Gasteiger partial charge on any atom is -0.504 e. The molecule has 9 nitrogen and oxygen atoms in total. The quantitative estimate of drug-likeness (QED) is 0.620. The first-order valence-electron chi connectivity index (χ1n) is 7.97. The van der Waals surface area contributed by atoms with E-state index in [2.05, 4.69) is 15.2 Å². The van der Waals surface area contributed by atoms with E-state index in [-0.39, 0.29) is 44.8 Å². The van der Waals surface area contributed by atoms with Gasteiger partial charge in [0.2, 0.25) is 0 Å². The van der Waals surface area contributed by atoms with Crippen molar-refractivity contribution >= 4 is 46.1 Å². The Kier molecular flexibility index (Phi) is 7.53. The number of carbonyl (C=O) groups is 2. The molecule has 0 saturated carbocycles. The van der Waals surface area contributed by atoms with E-state index in [0.29, 0.717) is 6.61 Å². The van der Waals surface area contributed by atoms with Gasteiger partial charge in [-0.1, -0.05) is 23.2 Å². The highest BCUT2D eigenvalue weighted by atomic mass is 35.5. The smallest absolute Gasteiger partial charge is 0.378 e. The topological polar surface area (TPSA) is 125 Å². The Labute approximate surface area is 169 Å². The maximum atomic E-state index is 11.4. The second-order valence-electron chi connectivity index (χ2n) is 4.95. The average Bonchev–Trinajstić information content (AvgIpc) is 3.01. The number of hydrogen-bond acceptors (Lipinski definition) is 9. The Morgan fingerprint density at radius 2 is 1.82 bits per heavy atom. The monoisotopic (exact) mass is 427 g/mol. The van der Waals surface area contributed by atoms with Crippen molar-refractivity contribution in [2.24, 2.45) is 0 Å². The zero-order valence-corrected chi connectivity index (χ0v) is 16.3. The summed E-state index contributed by atoms with van der Waals surface area (Å²) in [7, 11) is 0. The van der Waals surface area contributed by atoms with E-state index in [4.69, 9.17) is 37.1 Å². The van der Waals surface area contributed by atoms with Gasteiger partial charge >= 0.3 is 11.9 Å². The van der Waals surface area contributed by atoms with Gasteiger partial charge in [-0.25, -0.2) is 9.59 Å².